The molecule has 3 N–H and O–H groups in total. The van der Waals surface area contributed by atoms with E-state index in [1.54, 1.807) is 0 Å². The van der Waals surface area contributed by atoms with E-state index in [0.717, 1.165) is 24.2 Å². The van der Waals surface area contributed by atoms with Gasteiger partial charge in [-0.05, 0) is 31.4 Å². The summed E-state index contributed by atoms with van der Waals surface area (Å²) < 4.78 is 0. The number of aliphatic hydroxyl groups excluding tert-OH is 1. The highest BCUT2D eigenvalue weighted by atomic mass is 16.3. The molecule has 1 atom stereocenters. The molecule has 0 radical (unpaired) electrons. The van der Waals surface area contributed by atoms with Gasteiger partial charge in [0.05, 0.1) is 6.61 Å². The van der Waals surface area contributed by atoms with Crippen LogP contribution in [0, 0.1) is 0 Å². The molecule has 0 saturated carbocycles. The standard InChI is InChI=1S/C14H25N3O/c1-4-13(5-2)17(8-9-18)14-7-6-12(10-16-14)11(3)15/h6-7,10-11,13,18H,4-5,8-9,15H2,1-3H3/t11-/m1/s1. The number of pyridine rings is 1. The Kier molecular flexibility index (Phi) is 6.09. The molecule has 0 saturated heterocycles. The summed E-state index contributed by atoms with van der Waals surface area (Å²) in [6.07, 6.45) is 3.92. The number of hydrogen-bond acceptors (Lipinski definition) is 4. The van der Waals surface area contributed by atoms with E-state index in [0.29, 0.717) is 12.6 Å². The Morgan fingerprint density at radius 3 is 2.39 bits per heavy atom. The van der Waals surface area contributed by atoms with Crippen molar-refractivity contribution in [3.8, 4) is 0 Å². The lowest BCUT2D eigenvalue weighted by atomic mass is 10.1. The number of nitrogens with two attached hydrogens (primary N) is 1. The van der Waals surface area contributed by atoms with Crippen LogP contribution < -0.4 is 10.6 Å². The van der Waals surface area contributed by atoms with Crippen LogP contribution in [0.25, 0.3) is 0 Å². The van der Waals surface area contributed by atoms with Gasteiger partial charge in [0.25, 0.3) is 0 Å². The van der Waals surface area contributed by atoms with Crippen molar-refractivity contribution in [1.29, 1.82) is 0 Å². The second kappa shape index (κ2) is 7.34. The Hall–Kier alpha value is -1.13. The van der Waals surface area contributed by atoms with Crippen molar-refractivity contribution in [2.24, 2.45) is 5.73 Å². The number of rotatable bonds is 7. The fourth-order valence-corrected chi connectivity index (χ4v) is 2.16. The number of nitrogens with zero attached hydrogens (tertiary/aromatic N) is 2. The van der Waals surface area contributed by atoms with Crippen LogP contribution in [0.2, 0.25) is 0 Å². The molecule has 0 amide bonds. The van der Waals surface area contributed by atoms with Crippen LogP contribution in [0.15, 0.2) is 18.3 Å². The van der Waals surface area contributed by atoms with Crippen molar-refractivity contribution in [1.82, 2.24) is 4.98 Å². The molecule has 1 rings (SSSR count). The zero-order valence-corrected chi connectivity index (χ0v) is 11.6. The highest BCUT2D eigenvalue weighted by molar-refractivity contribution is 5.41. The van der Waals surface area contributed by atoms with E-state index in [-0.39, 0.29) is 12.6 Å². The average Bonchev–Trinajstić information content (AvgIpc) is 2.39. The van der Waals surface area contributed by atoms with Gasteiger partial charge in [-0.1, -0.05) is 19.9 Å². The van der Waals surface area contributed by atoms with Crippen LogP contribution in [-0.2, 0) is 0 Å². The van der Waals surface area contributed by atoms with E-state index < -0.39 is 0 Å². The fourth-order valence-electron chi connectivity index (χ4n) is 2.16. The van der Waals surface area contributed by atoms with Gasteiger partial charge in [0.2, 0.25) is 0 Å². The Morgan fingerprint density at radius 2 is 2.00 bits per heavy atom. The summed E-state index contributed by atoms with van der Waals surface area (Å²) in [6.45, 7) is 7.04. The number of aliphatic hydroxyl groups is 1. The van der Waals surface area contributed by atoms with Gasteiger partial charge in [0.1, 0.15) is 5.82 Å². The van der Waals surface area contributed by atoms with Crippen molar-refractivity contribution in [2.45, 2.75) is 45.7 Å². The zero-order valence-electron chi connectivity index (χ0n) is 11.6. The minimum atomic E-state index is 0.00555. The van der Waals surface area contributed by atoms with Gasteiger partial charge in [-0.2, -0.15) is 0 Å². The average molecular weight is 251 g/mol. The van der Waals surface area contributed by atoms with Crippen molar-refractivity contribution in [2.75, 3.05) is 18.1 Å². The quantitative estimate of drug-likeness (QED) is 0.779. The van der Waals surface area contributed by atoms with Gasteiger partial charge < -0.3 is 15.7 Å². The largest absolute Gasteiger partial charge is 0.395 e. The molecule has 0 fully saturated rings. The van der Waals surface area contributed by atoms with E-state index in [2.05, 4.69) is 23.7 Å². The minimum absolute atomic E-state index is 0.00555. The molecule has 102 valence electrons. The van der Waals surface area contributed by atoms with Crippen molar-refractivity contribution >= 4 is 5.82 Å². The van der Waals surface area contributed by atoms with Crippen molar-refractivity contribution < 1.29 is 5.11 Å². The normalized spacial score (nSPS) is 12.8. The lowest BCUT2D eigenvalue weighted by Gasteiger charge is -2.31. The maximum Gasteiger partial charge on any atom is 0.128 e. The Bertz CT molecular complexity index is 333. The summed E-state index contributed by atoms with van der Waals surface area (Å²) in [4.78, 5) is 6.64. The molecule has 4 heteroatoms. The first-order valence-electron chi connectivity index (χ1n) is 6.73. The fraction of sp³-hybridized carbons (Fsp3) is 0.643. The third-order valence-corrected chi connectivity index (χ3v) is 3.31. The van der Waals surface area contributed by atoms with Crippen LogP contribution in [0.5, 0.6) is 0 Å². The summed E-state index contributed by atoms with van der Waals surface area (Å²) in [5, 5.41) is 9.19. The molecule has 1 aromatic heterocycles. The predicted molar refractivity (Wildman–Crippen MR) is 75.6 cm³/mol. The first kappa shape index (κ1) is 14.9. The summed E-state index contributed by atoms with van der Waals surface area (Å²) in [7, 11) is 0. The molecular weight excluding hydrogens is 226 g/mol. The first-order chi connectivity index (χ1) is 8.63. The SMILES string of the molecule is CCC(CC)N(CCO)c1ccc([C@@H](C)N)cn1. The van der Waals surface area contributed by atoms with E-state index >= 15 is 0 Å². The second-order valence-electron chi connectivity index (χ2n) is 4.63. The molecule has 0 aliphatic rings. The first-order valence-corrected chi connectivity index (χ1v) is 6.73. The lowest BCUT2D eigenvalue weighted by molar-refractivity contribution is 0.295. The summed E-state index contributed by atoms with van der Waals surface area (Å²) in [5.41, 5.74) is 6.85. The third-order valence-electron chi connectivity index (χ3n) is 3.31. The highest BCUT2D eigenvalue weighted by Gasteiger charge is 2.16. The third kappa shape index (κ3) is 3.68. The second-order valence-corrected chi connectivity index (χ2v) is 4.63. The molecule has 4 nitrogen and oxygen atoms in total. The molecule has 0 aromatic carbocycles. The topological polar surface area (TPSA) is 62.4 Å². The van der Waals surface area contributed by atoms with Crippen LogP contribution in [0.1, 0.15) is 45.2 Å². The van der Waals surface area contributed by atoms with E-state index in [1.807, 2.05) is 25.3 Å². The minimum Gasteiger partial charge on any atom is -0.395 e. The van der Waals surface area contributed by atoms with Gasteiger partial charge in [-0.3, -0.25) is 0 Å². The molecule has 0 bridgehead atoms. The molecule has 0 unspecified atom stereocenters. The maximum absolute atomic E-state index is 9.19. The van der Waals surface area contributed by atoms with Crippen molar-refractivity contribution in [3.05, 3.63) is 23.9 Å². The number of aromatic nitrogens is 1. The molecule has 1 aromatic rings. The summed E-state index contributed by atoms with van der Waals surface area (Å²) in [5.74, 6) is 0.919. The maximum atomic E-state index is 9.19. The van der Waals surface area contributed by atoms with Gasteiger partial charge in [0, 0.05) is 24.8 Å². The molecule has 0 aliphatic carbocycles. The smallest absolute Gasteiger partial charge is 0.128 e. The predicted octanol–water partition coefficient (Wildman–Crippen LogP) is 2.09. The van der Waals surface area contributed by atoms with Crippen LogP contribution in [0.4, 0.5) is 5.82 Å². The van der Waals surface area contributed by atoms with Gasteiger partial charge in [-0.25, -0.2) is 4.98 Å². The molecule has 0 spiro atoms. The number of hydrogen-bond donors (Lipinski definition) is 2. The number of anilines is 1. The Morgan fingerprint density at radius 1 is 1.33 bits per heavy atom. The van der Waals surface area contributed by atoms with Crippen LogP contribution >= 0.6 is 0 Å². The Balaban J connectivity index is 2.91. The highest BCUT2D eigenvalue weighted by Crippen LogP contribution is 2.19. The molecule has 1 heterocycles. The van der Waals surface area contributed by atoms with Gasteiger partial charge in [0.15, 0.2) is 0 Å². The van der Waals surface area contributed by atoms with Crippen LogP contribution in [0.3, 0.4) is 0 Å². The molecular formula is C14H25N3O. The Labute approximate surface area is 110 Å². The van der Waals surface area contributed by atoms with E-state index in [4.69, 9.17) is 5.73 Å². The summed E-state index contributed by atoms with van der Waals surface area (Å²) in [6, 6.07) is 4.43. The molecule has 0 aliphatic heterocycles. The van der Waals surface area contributed by atoms with E-state index in [1.165, 1.54) is 0 Å². The van der Waals surface area contributed by atoms with Gasteiger partial charge >= 0.3 is 0 Å². The molecule has 18 heavy (non-hydrogen) atoms. The summed E-state index contributed by atoms with van der Waals surface area (Å²) >= 11 is 0. The van der Waals surface area contributed by atoms with Crippen LogP contribution in [-0.4, -0.2) is 29.3 Å². The van der Waals surface area contributed by atoms with Crippen molar-refractivity contribution in [3.63, 3.8) is 0 Å². The lowest BCUT2D eigenvalue weighted by Crippen LogP contribution is -2.37. The zero-order chi connectivity index (χ0) is 13.5. The van der Waals surface area contributed by atoms with E-state index in [9.17, 15) is 5.11 Å². The monoisotopic (exact) mass is 251 g/mol. The van der Waals surface area contributed by atoms with Gasteiger partial charge in [-0.15, -0.1) is 0 Å².